The molecule has 2 rings (SSSR count). The number of aromatic nitrogens is 2. The Kier molecular flexibility index (Phi) is 5.65. The van der Waals surface area contributed by atoms with Gasteiger partial charge in [0.15, 0.2) is 5.75 Å². The van der Waals surface area contributed by atoms with Crippen molar-refractivity contribution in [3.8, 4) is 5.75 Å². The van der Waals surface area contributed by atoms with Crippen LogP contribution in [-0.2, 0) is 13.5 Å². The van der Waals surface area contributed by atoms with Crippen LogP contribution in [0.5, 0.6) is 5.75 Å². The third kappa shape index (κ3) is 3.77. The molecule has 21 heavy (non-hydrogen) atoms. The second-order valence-corrected chi connectivity index (χ2v) is 5.43. The predicted molar refractivity (Wildman–Crippen MR) is 86.0 cm³/mol. The molecule has 1 unspecified atom stereocenters. The zero-order valence-corrected chi connectivity index (χ0v) is 13.5. The number of hydrogen-bond acceptors (Lipinski definition) is 3. The minimum Gasteiger partial charge on any atom is -0.493 e. The number of aryl methyl sites for hydroxylation is 1. The molecule has 0 radical (unpaired) electrons. The number of hydrogen-bond donors (Lipinski definition) is 1. The van der Waals surface area contributed by atoms with Gasteiger partial charge in [-0.2, -0.15) is 5.10 Å². The summed E-state index contributed by atoms with van der Waals surface area (Å²) in [5.74, 6) is 0.804. The number of nitrogens with zero attached hydrogens (tertiary/aromatic N) is 2. The quantitative estimate of drug-likeness (QED) is 0.852. The van der Waals surface area contributed by atoms with Crippen molar-refractivity contribution in [1.82, 2.24) is 15.1 Å². The first-order valence-electron chi connectivity index (χ1n) is 7.20. The Morgan fingerprint density at radius 1 is 1.38 bits per heavy atom. The fourth-order valence-electron chi connectivity index (χ4n) is 2.45. The van der Waals surface area contributed by atoms with Gasteiger partial charge in [-0.25, -0.2) is 0 Å². The summed E-state index contributed by atoms with van der Waals surface area (Å²) in [7, 11) is 3.61. The van der Waals surface area contributed by atoms with Crippen molar-refractivity contribution < 1.29 is 4.74 Å². The van der Waals surface area contributed by atoms with E-state index >= 15 is 0 Å². The zero-order valence-electron chi connectivity index (χ0n) is 12.8. The highest BCUT2D eigenvalue weighted by Gasteiger charge is 2.21. The molecule has 0 fully saturated rings. The molecule has 5 heteroatoms. The molecule has 0 spiro atoms. The molecule has 0 bridgehead atoms. The second kappa shape index (κ2) is 7.48. The van der Waals surface area contributed by atoms with E-state index in [1.807, 2.05) is 29.9 Å². The van der Waals surface area contributed by atoms with Gasteiger partial charge >= 0.3 is 0 Å². The van der Waals surface area contributed by atoms with Crippen LogP contribution in [0.2, 0.25) is 5.02 Å². The van der Waals surface area contributed by atoms with Gasteiger partial charge in [0.1, 0.15) is 0 Å². The maximum atomic E-state index is 6.30. The van der Waals surface area contributed by atoms with Crippen molar-refractivity contribution in [3.05, 3.63) is 46.7 Å². The maximum absolute atomic E-state index is 6.30. The molecular formula is C16H22ClN3O. The summed E-state index contributed by atoms with van der Waals surface area (Å²) in [4.78, 5) is 0. The van der Waals surface area contributed by atoms with Crippen molar-refractivity contribution in [1.29, 1.82) is 0 Å². The van der Waals surface area contributed by atoms with E-state index in [1.54, 1.807) is 13.3 Å². The van der Waals surface area contributed by atoms with Gasteiger partial charge in [0.05, 0.1) is 25.0 Å². The van der Waals surface area contributed by atoms with Gasteiger partial charge in [-0.15, -0.1) is 0 Å². The van der Waals surface area contributed by atoms with E-state index in [-0.39, 0.29) is 6.04 Å². The molecule has 0 amide bonds. The molecule has 0 saturated carbocycles. The summed E-state index contributed by atoms with van der Waals surface area (Å²) in [6.45, 7) is 3.09. The highest BCUT2D eigenvalue weighted by atomic mass is 35.5. The molecule has 1 heterocycles. The Hall–Kier alpha value is -1.52. The van der Waals surface area contributed by atoms with Gasteiger partial charge in [0.2, 0.25) is 0 Å². The van der Waals surface area contributed by atoms with E-state index in [0.717, 1.165) is 41.4 Å². The third-order valence-corrected chi connectivity index (χ3v) is 3.89. The molecule has 1 atom stereocenters. The van der Waals surface area contributed by atoms with Gasteiger partial charge < -0.3 is 10.1 Å². The molecule has 0 aliphatic heterocycles. The molecule has 4 nitrogen and oxygen atoms in total. The van der Waals surface area contributed by atoms with Gasteiger partial charge in [-0.1, -0.05) is 36.7 Å². The standard InChI is InChI=1S/C16H22ClN3O/c1-4-9-18-14(10-12-7-5-6-8-13(12)17)16-15(21-3)11-19-20(16)2/h5-8,11,14,18H,4,9-10H2,1-3H3. The van der Waals surface area contributed by atoms with Crippen molar-refractivity contribution >= 4 is 11.6 Å². The van der Waals surface area contributed by atoms with Crippen molar-refractivity contribution in [3.63, 3.8) is 0 Å². The van der Waals surface area contributed by atoms with Gasteiger partial charge in [0, 0.05) is 12.1 Å². The number of halogens is 1. The minimum atomic E-state index is 0.118. The third-order valence-electron chi connectivity index (χ3n) is 3.52. The Morgan fingerprint density at radius 2 is 2.14 bits per heavy atom. The molecule has 1 N–H and O–H groups in total. The summed E-state index contributed by atoms with van der Waals surface area (Å²) in [6.07, 6.45) is 3.62. The largest absolute Gasteiger partial charge is 0.493 e. The van der Waals surface area contributed by atoms with E-state index in [0.29, 0.717) is 0 Å². The van der Waals surface area contributed by atoms with Crippen LogP contribution in [0.15, 0.2) is 30.5 Å². The van der Waals surface area contributed by atoms with E-state index in [9.17, 15) is 0 Å². The van der Waals surface area contributed by atoms with E-state index in [2.05, 4.69) is 23.4 Å². The summed E-state index contributed by atoms with van der Waals surface area (Å²) in [6, 6.07) is 8.07. The van der Waals surface area contributed by atoms with E-state index in [1.165, 1.54) is 0 Å². The molecule has 0 saturated heterocycles. The monoisotopic (exact) mass is 307 g/mol. The van der Waals surface area contributed by atoms with Crippen LogP contribution < -0.4 is 10.1 Å². The van der Waals surface area contributed by atoms with Gasteiger partial charge in [0.25, 0.3) is 0 Å². The fourth-order valence-corrected chi connectivity index (χ4v) is 2.66. The van der Waals surface area contributed by atoms with Crippen LogP contribution in [0, 0.1) is 0 Å². The van der Waals surface area contributed by atoms with Crippen LogP contribution >= 0.6 is 11.6 Å². The first-order valence-corrected chi connectivity index (χ1v) is 7.57. The molecule has 0 aliphatic carbocycles. The van der Waals surface area contributed by atoms with Crippen LogP contribution in [0.1, 0.15) is 30.6 Å². The first-order chi connectivity index (χ1) is 10.2. The van der Waals surface area contributed by atoms with Gasteiger partial charge in [-0.05, 0) is 31.0 Å². The summed E-state index contributed by atoms with van der Waals surface area (Å²) >= 11 is 6.30. The lowest BCUT2D eigenvalue weighted by atomic mass is 10.0. The first kappa shape index (κ1) is 15.9. The van der Waals surface area contributed by atoms with Crippen molar-refractivity contribution in [2.24, 2.45) is 7.05 Å². The van der Waals surface area contributed by atoms with E-state index < -0.39 is 0 Å². The molecule has 2 aromatic rings. The summed E-state index contributed by atoms with van der Waals surface area (Å²) < 4.78 is 7.30. The normalized spacial score (nSPS) is 12.4. The predicted octanol–water partition coefficient (Wildman–Crippen LogP) is 3.37. The Morgan fingerprint density at radius 3 is 2.81 bits per heavy atom. The maximum Gasteiger partial charge on any atom is 0.161 e. The summed E-state index contributed by atoms with van der Waals surface area (Å²) in [5.41, 5.74) is 2.17. The molecule has 114 valence electrons. The number of ether oxygens (including phenoxy) is 1. The number of rotatable bonds is 7. The van der Waals surface area contributed by atoms with Crippen molar-refractivity contribution in [2.45, 2.75) is 25.8 Å². The molecule has 0 aliphatic rings. The average molecular weight is 308 g/mol. The molecule has 1 aromatic carbocycles. The van der Waals surface area contributed by atoms with Gasteiger partial charge in [-0.3, -0.25) is 4.68 Å². The smallest absolute Gasteiger partial charge is 0.161 e. The molecule has 1 aromatic heterocycles. The SMILES string of the molecule is CCCNC(Cc1ccccc1Cl)c1c(OC)cnn1C. The number of nitrogens with one attached hydrogen (secondary N) is 1. The average Bonchev–Trinajstić information content (AvgIpc) is 2.86. The Labute approximate surface area is 131 Å². The zero-order chi connectivity index (χ0) is 15.2. The topological polar surface area (TPSA) is 39.1 Å². The van der Waals surface area contributed by atoms with Crippen LogP contribution in [0.25, 0.3) is 0 Å². The Bertz CT molecular complexity index is 583. The van der Waals surface area contributed by atoms with E-state index in [4.69, 9.17) is 16.3 Å². The Balaban J connectivity index is 2.30. The lowest BCUT2D eigenvalue weighted by Gasteiger charge is -2.20. The van der Waals surface area contributed by atoms with Crippen LogP contribution in [-0.4, -0.2) is 23.4 Å². The van der Waals surface area contributed by atoms with Crippen LogP contribution in [0.3, 0.4) is 0 Å². The number of methoxy groups -OCH3 is 1. The fraction of sp³-hybridized carbons (Fsp3) is 0.438. The van der Waals surface area contributed by atoms with Crippen LogP contribution in [0.4, 0.5) is 0 Å². The van der Waals surface area contributed by atoms with Crippen molar-refractivity contribution in [2.75, 3.05) is 13.7 Å². The summed E-state index contributed by atoms with van der Waals surface area (Å²) in [5, 5.41) is 8.66. The lowest BCUT2D eigenvalue weighted by molar-refractivity contribution is 0.392. The second-order valence-electron chi connectivity index (χ2n) is 5.02. The lowest BCUT2D eigenvalue weighted by Crippen LogP contribution is -2.26. The highest BCUT2D eigenvalue weighted by molar-refractivity contribution is 6.31. The highest BCUT2D eigenvalue weighted by Crippen LogP contribution is 2.29. The number of benzene rings is 1. The minimum absolute atomic E-state index is 0.118. The molecular weight excluding hydrogens is 286 g/mol.